The van der Waals surface area contributed by atoms with E-state index in [4.69, 9.17) is 0 Å². The minimum absolute atomic E-state index is 0.0634. The van der Waals surface area contributed by atoms with Gasteiger partial charge < -0.3 is 10.6 Å². The van der Waals surface area contributed by atoms with Crippen LogP contribution in [0.3, 0.4) is 0 Å². The van der Waals surface area contributed by atoms with Crippen LogP contribution in [0.25, 0.3) is 0 Å². The highest BCUT2D eigenvalue weighted by Crippen LogP contribution is 2.22. The maximum Gasteiger partial charge on any atom is 0.273 e. The number of nitrogens with one attached hydrogen (secondary N) is 2. The Morgan fingerprint density at radius 3 is 2.20 bits per heavy atom. The number of nitro benzene ring substituents is 1. The summed E-state index contributed by atoms with van der Waals surface area (Å²) in [6.45, 7) is 3.47. The third kappa shape index (κ3) is 4.63. The van der Waals surface area contributed by atoms with Gasteiger partial charge in [-0.05, 0) is 43.7 Å². The van der Waals surface area contributed by atoms with Crippen molar-refractivity contribution in [2.45, 2.75) is 26.7 Å². The van der Waals surface area contributed by atoms with Crippen molar-refractivity contribution in [2.75, 3.05) is 10.6 Å². The normalized spacial score (nSPS) is 10.2. The maximum atomic E-state index is 12.4. The molecule has 0 aliphatic rings. The molecule has 0 aliphatic heterocycles. The molecular weight excluding hydrogens is 322 g/mol. The van der Waals surface area contributed by atoms with Gasteiger partial charge in [-0.15, -0.1) is 0 Å². The smallest absolute Gasteiger partial charge is 0.273 e. The summed E-state index contributed by atoms with van der Waals surface area (Å²) in [6, 6.07) is 11.1. The second kappa shape index (κ2) is 8.05. The van der Waals surface area contributed by atoms with Crippen LogP contribution in [0.1, 0.15) is 35.7 Å². The average molecular weight is 341 g/mol. The lowest BCUT2D eigenvalue weighted by Gasteiger charge is -2.09. The van der Waals surface area contributed by atoms with E-state index in [9.17, 15) is 19.7 Å². The molecule has 0 saturated heterocycles. The first-order valence-corrected chi connectivity index (χ1v) is 7.87. The number of carbonyl (C=O) groups excluding carboxylic acids is 2. The highest BCUT2D eigenvalue weighted by atomic mass is 16.6. The zero-order chi connectivity index (χ0) is 18.4. The third-order valence-electron chi connectivity index (χ3n) is 3.65. The van der Waals surface area contributed by atoms with Gasteiger partial charge >= 0.3 is 0 Å². The van der Waals surface area contributed by atoms with Crippen LogP contribution in [0.15, 0.2) is 42.5 Å². The molecule has 0 bridgehead atoms. The van der Waals surface area contributed by atoms with E-state index in [2.05, 4.69) is 10.6 Å². The van der Waals surface area contributed by atoms with Crippen LogP contribution in [0.4, 0.5) is 17.1 Å². The number of amides is 2. The summed E-state index contributed by atoms with van der Waals surface area (Å²) >= 11 is 0. The van der Waals surface area contributed by atoms with Crippen LogP contribution in [0, 0.1) is 17.0 Å². The van der Waals surface area contributed by atoms with Gasteiger partial charge in [-0.3, -0.25) is 19.7 Å². The molecule has 0 heterocycles. The van der Waals surface area contributed by atoms with E-state index >= 15 is 0 Å². The molecule has 0 aliphatic carbocycles. The molecule has 0 saturated carbocycles. The molecule has 0 unspecified atom stereocenters. The van der Waals surface area contributed by atoms with Crippen molar-refractivity contribution < 1.29 is 14.5 Å². The summed E-state index contributed by atoms with van der Waals surface area (Å²) in [5, 5.41) is 16.4. The minimum atomic E-state index is -0.514. The third-order valence-corrected chi connectivity index (χ3v) is 3.65. The summed E-state index contributed by atoms with van der Waals surface area (Å²) in [4.78, 5) is 34.4. The lowest BCUT2D eigenvalue weighted by molar-refractivity contribution is -0.385. The standard InChI is InChI=1S/C18H19N3O4/c1-3-5-17(22)19-13-8-10-14(11-9-13)20-18(23)15-6-4-7-16(12(15)2)21(24)25/h4,6-11H,3,5H2,1-2H3,(H,19,22)(H,20,23). The lowest BCUT2D eigenvalue weighted by Crippen LogP contribution is -2.14. The van der Waals surface area contributed by atoms with Crippen molar-refractivity contribution in [3.05, 3.63) is 63.7 Å². The number of hydrogen-bond acceptors (Lipinski definition) is 4. The van der Waals surface area contributed by atoms with Crippen LogP contribution in [0.2, 0.25) is 0 Å². The van der Waals surface area contributed by atoms with Crippen molar-refractivity contribution in [1.82, 2.24) is 0 Å². The van der Waals surface area contributed by atoms with E-state index in [-0.39, 0.29) is 17.2 Å². The molecule has 0 spiro atoms. The van der Waals surface area contributed by atoms with Gasteiger partial charge in [0.05, 0.1) is 4.92 Å². The predicted octanol–water partition coefficient (Wildman–Crippen LogP) is 3.89. The molecule has 2 N–H and O–H groups in total. The lowest BCUT2D eigenvalue weighted by atomic mass is 10.1. The van der Waals surface area contributed by atoms with Crippen molar-refractivity contribution in [2.24, 2.45) is 0 Å². The van der Waals surface area contributed by atoms with Crippen molar-refractivity contribution >= 4 is 28.9 Å². The molecular formula is C18H19N3O4. The van der Waals surface area contributed by atoms with Gasteiger partial charge in [0.1, 0.15) is 0 Å². The molecule has 0 aromatic heterocycles. The van der Waals surface area contributed by atoms with Crippen LogP contribution >= 0.6 is 0 Å². The Kier molecular flexibility index (Phi) is 5.84. The molecule has 7 nitrogen and oxygen atoms in total. The Bertz CT molecular complexity index is 800. The highest BCUT2D eigenvalue weighted by molar-refractivity contribution is 6.06. The zero-order valence-corrected chi connectivity index (χ0v) is 14.0. The molecule has 0 atom stereocenters. The first-order valence-electron chi connectivity index (χ1n) is 7.87. The Labute approximate surface area is 145 Å². The first-order chi connectivity index (χ1) is 11.9. The highest BCUT2D eigenvalue weighted by Gasteiger charge is 2.17. The van der Waals surface area contributed by atoms with Gasteiger partial charge in [0.2, 0.25) is 5.91 Å². The summed E-state index contributed by atoms with van der Waals surface area (Å²) in [5.41, 5.74) is 1.64. The van der Waals surface area contributed by atoms with Gasteiger partial charge in [0.15, 0.2) is 0 Å². The number of benzene rings is 2. The molecule has 7 heteroatoms. The van der Waals surface area contributed by atoms with Gasteiger partial charge in [-0.2, -0.15) is 0 Å². The average Bonchev–Trinajstić information content (AvgIpc) is 2.56. The largest absolute Gasteiger partial charge is 0.326 e. The van der Waals surface area contributed by atoms with E-state index in [0.29, 0.717) is 23.4 Å². The second-order valence-corrected chi connectivity index (χ2v) is 5.54. The summed E-state index contributed by atoms with van der Waals surface area (Å²) < 4.78 is 0. The molecule has 2 aromatic rings. The molecule has 2 amide bonds. The van der Waals surface area contributed by atoms with Crippen molar-refractivity contribution in [3.63, 3.8) is 0 Å². The SMILES string of the molecule is CCCC(=O)Nc1ccc(NC(=O)c2cccc([N+](=O)[O-])c2C)cc1. The van der Waals surface area contributed by atoms with Crippen LogP contribution < -0.4 is 10.6 Å². The molecule has 0 fully saturated rings. The maximum absolute atomic E-state index is 12.4. The summed E-state index contributed by atoms with van der Waals surface area (Å²) in [6.07, 6.45) is 1.22. The Morgan fingerprint density at radius 1 is 1.04 bits per heavy atom. The van der Waals surface area contributed by atoms with Gasteiger partial charge in [0.25, 0.3) is 11.6 Å². The van der Waals surface area contributed by atoms with Crippen molar-refractivity contribution in [3.8, 4) is 0 Å². The van der Waals surface area contributed by atoms with E-state index in [1.807, 2.05) is 6.92 Å². The number of anilines is 2. The Morgan fingerprint density at radius 2 is 1.64 bits per heavy atom. The Hall–Kier alpha value is -3.22. The van der Waals surface area contributed by atoms with Gasteiger partial charge in [-0.25, -0.2) is 0 Å². The minimum Gasteiger partial charge on any atom is -0.326 e. The van der Waals surface area contributed by atoms with E-state index in [1.54, 1.807) is 31.2 Å². The summed E-state index contributed by atoms with van der Waals surface area (Å²) in [5.74, 6) is -0.490. The van der Waals surface area contributed by atoms with Gasteiger partial charge in [0, 0.05) is 35.0 Å². The van der Waals surface area contributed by atoms with Gasteiger partial charge in [-0.1, -0.05) is 13.0 Å². The molecule has 2 aromatic carbocycles. The molecule has 2 rings (SSSR count). The second-order valence-electron chi connectivity index (χ2n) is 5.54. The van der Waals surface area contributed by atoms with Crippen LogP contribution in [-0.4, -0.2) is 16.7 Å². The summed E-state index contributed by atoms with van der Waals surface area (Å²) in [7, 11) is 0. The monoisotopic (exact) mass is 341 g/mol. The van der Waals surface area contributed by atoms with Crippen molar-refractivity contribution in [1.29, 1.82) is 0 Å². The van der Waals surface area contributed by atoms with E-state index in [0.717, 1.165) is 6.42 Å². The molecule has 25 heavy (non-hydrogen) atoms. The Balaban J connectivity index is 2.10. The van der Waals surface area contributed by atoms with Crippen LogP contribution in [0.5, 0.6) is 0 Å². The zero-order valence-electron chi connectivity index (χ0n) is 14.0. The number of nitro groups is 1. The number of hydrogen-bond donors (Lipinski definition) is 2. The number of carbonyl (C=O) groups is 2. The first kappa shape index (κ1) is 18.1. The predicted molar refractivity (Wildman–Crippen MR) is 95.8 cm³/mol. The fraction of sp³-hybridized carbons (Fsp3) is 0.222. The number of nitrogens with zero attached hydrogens (tertiary/aromatic N) is 1. The van der Waals surface area contributed by atoms with E-state index in [1.165, 1.54) is 18.2 Å². The molecule has 130 valence electrons. The number of rotatable bonds is 6. The van der Waals surface area contributed by atoms with Crippen LogP contribution in [-0.2, 0) is 4.79 Å². The topological polar surface area (TPSA) is 101 Å². The molecule has 0 radical (unpaired) electrons. The fourth-order valence-corrected chi connectivity index (χ4v) is 2.35. The van der Waals surface area contributed by atoms with E-state index < -0.39 is 10.8 Å². The fourth-order valence-electron chi connectivity index (χ4n) is 2.35. The quantitative estimate of drug-likeness (QED) is 0.614.